The second-order valence-corrected chi connectivity index (χ2v) is 6.29. The van der Waals surface area contributed by atoms with Crippen LogP contribution in [-0.2, 0) is 16.2 Å². The lowest BCUT2D eigenvalue weighted by Gasteiger charge is -2.34. The van der Waals surface area contributed by atoms with Gasteiger partial charge in [-0.15, -0.1) is 5.06 Å². The number of carbonyl (C=O) groups excluding carboxylic acids is 1. The fraction of sp³-hybridized carbons (Fsp3) is 0.333. The summed E-state index contributed by atoms with van der Waals surface area (Å²) in [5, 5.41) is 1.98. The molecule has 0 spiro atoms. The number of anilines is 1. The molecule has 26 heavy (non-hydrogen) atoms. The Kier molecular flexibility index (Phi) is 5.90. The molecule has 2 aromatic rings. The number of aromatic nitrogens is 1. The van der Waals surface area contributed by atoms with Gasteiger partial charge < -0.3 is 14.5 Å². The Morgan fingerprint density at radius 3 is 2.73 bits per heavy atom. The molecule has 0 radical (unpaired) electrons. The summed E-state index contributed by atoms with van der Waals surface area (Å²) in [6.45, 7) is 3.92. The molecule has 138 valence electrons. The number of hydroxylamine groups is 2. The van der Waals surface area contributed by atoms with Gasteiger partial charge in [-0.3, -0.25) is 4.79 Å². The van der Waals surface area contributed by atoms with Gasteiger partial charge in [-0.05, 0) is 24.3 Å². The highest BCUT2D eigenvalue weighted by molar-refractivity contribution is 6.30. The minimum Gasteiger partial charge on any atom is -0.471 e. The molecular formula is C18H19ClFN3O3. The van der Waals surface area contributed by atoms with Crippen LogP contribution in [0.1, 0.15) is 12.5 Å². The lowest BCUT2D eigenvalue weighted by molar-refractivity contribution is -0.188. The Bertz CT molecular complexity index is 782. The van der Waals surface area contributed by atoms with Crippen LogP contribution in [0, 0.1) is 5.82 Å². The second kappa shape index (κ2) is 8.33. The lowest BCUT2D eigenvalue weighted by atomic mass is 10.2. The molecular weight excluding hydrogens is 361 g/mol. The smallest absolute Gasteiger partial charge is 0.322 e. The first kappa shape index (κ1) is 18.4. The molecule has 8 heteroatoms. The Morgan fingerprint density at radius 2 is 2.04 bits per heavy atom. The topological polar surface area (TPSA) is 54.9 Å². The van der Waals surface area contributed by atoms with E-state index in [4.69, 9.17) is 21.2 Å². The van der Waals surface area contributed by atoms with Gasteiger partial charge >= 0.3 is 5.97 Å². The number of benzene rings is 1. The maximum atomic E-state index is 13.9. The zero-order valence-corrected chi connectivity index (χ0v) is 15.1. The molecule has 3 rings (SSSR count). The number of ether oxygens (including phenoxy) is 1. The molecule has 0 aliphatic carbocycles. The number of halogens is 2. The van der Waals surface area contributed by atoms with E-state index < -0.39 is 5.82 Å². The molecule has 0 amide bonds. The van der Waals surface area contributed by atoms with Crippen LogP contribution in [0.3, 0.4) is 0 Å². The van der Waals surface area contributed by atoms with Gasteiger partial charge in [-0.25, -0.2) is 9.37 Å². The summed E-state index contributed by atoms with van der Waals surface area (Å²) in [5.74, 6) is -0.304. The van der Waals surface area contributed by atoms with Gasteiger partial charge in [0.1, 0.15) is 12.4 Å². The van der Waals surface area contributed by atoms with Gasteiger partial charge in [-0.2, -0.15) is 0 Å². The van der Waals surface area contributed by atoms with Crippen molar-refractivity contribution in [3.05, 3.63) is 52.9 Å². The fourth-order valence-corrected chi connectivity index (χ4v) is 2.88. The third-order valence-electron chi connectivity index (χ3n) is 3.97. The van der Waals surface area contributed by atoms with Crippen LogP contribution < -0.4 is 9.64 Å². The average molecular weight is 380 g/mol. The molecule has 1 aliphatic heterocycles. The summed E-state index contributed by atoms with van der Waals surface area (Å²) < 4.78 is 19.7. The predicted molar refractivity (Wildman–Crippen MR) is 95.5 cm³/mol. The normalized spacial score (nSPS) is 15.0. The van der Waals surface area contributed by atoms with Crippen LogP contribution in [-0.4, -0.2) is 42.2 Å². The van der Waals surface area contributed by atoms with E-state index >= 15 is 0 Å². The molecule has 1 aromatic heterocycles. The van der Waals surface area contributed by atoms with Crippen molar-refractivity contribution in [2.24, 2.45) is 0 Å². The number of piperazine rings is 1. The molecule has 0 N–H and O–H groups in total. The predicted octanol–water partition coefficient (Wildman–Crippen LogP) is 3.05. The summed E-state index contributed by atoms with van der Waals surface area (Å²) >= 11 is 5.77. The fourth-order valence-electron chi connectivity index (χ4n) is 2.72. The van der Waals surface area contributed by atoms with E-state index in [0.717, 1.165) is 5.69 Å². The van der Waals surface area contributed by atoms with Crippen LogP contribution in [0.15, 0.2) is 36.5 Å². The standard InChI is InChI=1S/C18H19ClFN3O3/c1-13(24)26-23-9-7-22(8-10-23)17-3-2-6-21-18(17)25-12-14-4-5-15(19)11-16(14)20/h2-6,11H,7-10,12H2,1H3. The van der Waals surface area contributed by atoms with Crippen molar-refractivity contribution < 1.29 is 18.8 Å². The molecule has 0 atom stereocenters. The molecule has 2 heterocycles. The highest BCUT2D eigenvalue weighted by Crippen LogP contribution is 2.27. The van der Waals surface area contributed by atoms with E-state index in [-0.39, 0.29) is 12.6 Å². The Balaban J connectivity index is 1.66. The summed E-state index contributed by atoms with van der Waals surface area (Å²) in [6, 6.07) is 8.20. The Labute approximate surface area is 156 Å². The first-order valence-electron chi connectivity index (χ1n) is 8.23. The van der Waals surface area contributed by atoms with Crippen LogP contribution in [0.5, 0.6) is 5.88 Å². The van der Waals surface area contributed by atoms with Gasteiger partial charge in [0.25, 0.3) is 0 Å². The number of pyridine rings is 1. The van der Waals surface area contributed by atoms with Crippen molar-refractivity contribution in [3.8, 4) is 5.88 Å². The van der Waals surface area contributed by atoms with Crippen LogP contribution in [0.2, 0.25) is 5.02 Å². The zero-order valence-electron chi connectivity index (χ0n) is 14.3. The number of carbonyl (C=O) groups is 1. The molecule has 1 aromatic carbocycles. The third kappa shape index (κ3) is 4.62. The monoisotopic (exact) mass is 379 g/mol. The minimum absolute atomic E-state index is 0.0560. The first-order chi connectivity index (χ1) is 12.5. The van der Waals surface area contributed by atoms with Crippen LogP contribution >= 0.6 is 11.6 Å². The van der Waals surface area contributed by atoms with Crippen molar-refractivity contribution in [1.82, 2.24) is 10.0 Å². The van der Waals surface area contributed by atoms with Gasteiger partial charge in [0.05, 0.1) is 18.8 Å². The SMILES string of the molecule is CC(=O)ON1CCN(c2cccnc2OCc2ccc(Cl)cc2F)CC1. The molecule has 0 unspecified atom stereocenters. The number of nitrogens with zero attached hydrogens (tertiary/aromatic N) is 3. The molecule has 1 aliphatic rings. The van der Waals surface area contributed by atoms with Crippen molar-refractivity contribution in [2.75, 3.05) is 31.1 Å². The molecule has 6 nitrogen and oxygen atoms in total. The Hall–Kier alpha value is -2.38. The maximum Gasteiger partial charge on any atom is 0.322 e. The first-order valence-corrected chi connectivity index (χ1v) is 8.61. The number of hydrogen-bond acceptors (Lipinski definition) is 6. The van der Waals surface area contributed by atoms with Gasteiger partial charge in [0.15, 0.2) is 0 Å². The average Bonchev–Trinajstić information content (AvgIpc) is 2.61. The van der Waals surface area contributed by atoms with E-state index in [1.54, 1.807) is 23.4 Å². The van der Waals surface area contributed by atoms with E-state index in [1.807, 2.05) is 12.1 Å². The minimum atomic E-state index is -0.412. The highest BCUT2D eigenvalue weighted by Gasteiger charge is 2.22. The van der Waals surface area contributed by atoms with Gasteiger partial charge in [0, 0.05) is 36.8 Å². The third-order valence-corrected chi connectivity index (χ3v) is 4.20. The molecule has 0 bridgehead atoms. The van der Waals surface area contributed by atoms with E-state index in [0.29, 0.717) is 42.6 Å². The number of rotatable bonds is 5. The zero-order chi connectivity index (χ0) is 18.5. The van der Waals surface area contributed by atoms with Crippen LogP contribution in [0.4, 0.5) is 10.1 Å². The van der Waals surface area contributed by atoms with Crippen LogP contribution in [0.25, 0.3) is 0 Å². The van der Waals surface area contributed by atoms with Crippen molar-refractivity contribution >= 4 is 23.3 Å². The summed E-state index contributed by atoms with van der Waals surface area (Å²) in [4.78, 5) is 22.5. The summed E-state index contributed by atoms with van der Waals surface area (Å²) in [7, 11) is 0. The highest BCUT2D eigenvalue weighted by atomic mass is 35.5. The van der Waals surface area contributed by atoms with E-state index in [1.165, 1.54) is 13.0 Å². The lowest BCUT2D eigenvalue weighted by Crippen LogP contribution is -2.47. The Morgan fingerprint density at radius 1 is 1.27 bits per heavy atom. The summed E-state index contributed by atoms with van der Waals surface area (Å²) in [6.07, 6.45) is 1.63. The largest absolute Gasteiger partial charge is 0.471 e. The van der Waals surface area contributed by atoms with Crippen molar-refractivity contribution in [3.63, 3.8) is 0 Å². The van der Waals surface area contributed by atoms with Crippen molar-refractivity contribution in [2.45, 2.75) is 13.5 Å². The van der Waals surface area contributed by atoms with Gasteiger partial charge in [0.2, 0.25) is 5.88 Å². The molecule has 1 fully saturated rings. The maximum absolute atomic E-state index is 13.9. The molecule has 0 saturated carbocycles. The van der Waals surface area contributed by atoms with E-state index in [2.05, 4.69) is 9.88 Å². The quantitative estimate of drug-likeness (QED) is 0.796. The number of hydrogen-bond donors (Lipinski definition) is 0. The van der Waals surface area contributed by atoms with E-state index in [9.17, 15) is 9.18 Å². The summed E-state index contributed by atoms with van der Waals surface area (Å²) in [5.41, 5.74) is 1.23. The van der Waals surface area contributed by atoms with Crippen molar-refractivity contribution in [1.29, 1.82) is 0 Å². The van der Waals surface area contributed by atoms with Gasteiger partial charge in [-0.1, -0.05) is 17.7 Å². The molecule has 1 saturated heterocycles. The second-order valence-electron chi connectivity index (χ2n) is 5.85.